The number of hydrogen-bond acceptors (Lipinski definition) is 8. The smallest absolute Gasteiger partial charge is 0.229 e. The third kappa shape index (κ3) is 3.49. The Kier molecular flexibility index (Phi) is 4.37. The van der Waals surface area contributed by atoms with Crippen LogP contribution in [0.2, 0.25) is 0 Å². The summed E-state index contributed by atoms with van der Waals surface area (Å²) >= 11 is 0. The largest absolute Gasteiger partial charge is 0.481 e. The van der Waals surface area contributed by atoms with E-state index in [1.54, 1.807) is 32.5 Å². The van der Waals surface area contributed by atoms with Gasteiger partial charge in [-0.25, -0.2) is 4.98 Å². The van der Waals surface area contributed by atoms with Gasteiger partial charge in [0.2, 0.25) is 17.7 Å². The predicted octanol–water partition coefficient (Wildman–Crippen LogP) is 2.28. The summed E-state index contributed by atoms with van der Waals surface area (Å²) in [6.07, 6.45) is 1.59. The average molecular weight is 324 g/mol. The van der Waals surface area contributed by atoms with Crippen molar-refractivity contribution in [2.24, 2.45) is 0 Å². The maximum absolute atomic E-state index is 5.64. The zero-order chi connectivity index (χ0) is 16.9. The molecule has 0 spiro atoms. The Balaban J connectivity index is 1.84. The Morgan fingerprint density at radius 2 is 1.58 bits per heavy atom. The number of nitrogens with two attached hydrogens (primary N) is 1. The zero-order valence-corrected chi connectivity index (χ0v) is 13.2. The van der Waals surface area contributed by atoms with Gasteiger partial charge in [-0.3, -0.25) is 0 Å². The molecule has 1 aromatic carbocycles. The summed E-state index contributed by atoms with van der Waals surface area (Å²) in [5.41, 5.74) is 7.28. The van der Waals surface area contributed by atoms with Gasteiger partial charge in [-0.15, -0.1) is 0 Å². The van der Waals surface area contributed by atoms with Crippen LogP contribution in [0.25, 0.3) is 11.4 Å². The summed E-state index contributed by atoms with van der Waals surface area (Å²) in [6.45, 7) is 0. The minimum Gasteiger partial charge on any atom is -0.481 e. The molecule has 8 nitrogen and oxygen atoms in total. The second-order valence-corrected chi connectivity index (χ2v) is 4.78. The van der Waals surface area contributed by atoms with Crippen molar-refractivity contribution in [3.63, 3.8) is 0 Å². The van der Waals surface area contributed by atoms with E-state index in [4.69, 9.17) is 15.2 Å². The third-order valence-electron chi connectivity index (χ3n) is 3.17. The molecule has 0 unspecified atom stereocenters. The van der Waals surface area contributed by atoms with Crippen LogP contribution in [0.3, 0.4) is 0 Å². The zero-order valence-electron chi connectivity index (χ0n) is 13.2. The van der Waals surface area contributed by atoms with Crippen LogP contribution in [0.1, 0.15) is 0 Å². The fourth-order valence-corrected chi connectivity index (χ4v) is 2.01. The van der Waals surface area contributed by atoms with Crippen molar-refractivity contribution in [3.05, 3.63) is 42.6 Å². The van der Waals surface area contributed by atoms with E-state index in [1.165, 1.54) is 0 Å². The van der Waals surface area contributed by atoms with Crippen LogP contribution >= 0.6 is 0 Å². The number of methoxy groups -OCH3 is 2. The minimum absolute atomic E-state index is 0.404. The number of nitrogens with one attached hydrogen (secondary N) is 1. The summed E-state index contributed by atoms with van der Waals surface area (Å²) in [7, 11) is 3.09. The van der Waals surface area contributed by atoms with E-state index < -0.39 is 0 Å². The van der Waals surface area contributed by atoms with E-state index in [-0.39, 0.29) is 0 Å². The number of benzene rings is 1. The summed E-state index contributed by atoms with van der Waals surface area (Å²) in [5, 5.41) is 3.08. The van der Waals surface area contributed by atoms with Gasteiger partial charge in [-0.05, 0) is 30.3 Å². The highest BCUT2D eigenvalue weighted by Crippen LogP contribution is 2.24. The van der Waals surface area contributed by atoms with Crippen molar-refractivity contribution in [2.75, 3.05) is 25.3 Å². The average Bonchev–Trinajstić information content (AvgIpc) is 2.62. The molecule has 2 heterocycles. The lowest BCUT2D eigenvalue weighted by molar-refractivity contribution is 0.372. The molecule has 3 aromatic rings. The lowest BCUT2D eigenvalue weighted by atomic mass is 10.2. The Bertz CT molecular complexity index is 816. The van der Waals surface area contributed by atoms with Crippen LogP contribution in [-0.2, 0) is 0 Å². The van der Waals surface area contributed by atoms with Gasteiger partial charge in [0.25, 0.3) is 0 Å². The molecule has 2 aromatic heterocycles. The van der Waals surface area contributed by atoms with Crippen molar-refractivity contribution in [1.82, 2.24) is 19.9 Å². The topological polar surface area (TPSA) is 108 Å². The van der Waals surface area contributed by atoms with Gasteiger partial charge >= 0.3 is 0 Å². The molecule has 0 fully saturated rings. The lowest BCUT2D eigenvalue weighted by Gasteiger charge is -2.08. The molecule has 0 radical (unpaired) electrons. The number of nitrogens with zero attached hydrogens (tertiary/aromatic N) is 4. The van der Waals surface area contributed by atoms with Gasteiger partial charge in [-0.2, -0.15) is 15.0 Å². The monoisotopic (exact) mass is 324 g/mol. The van der Waals surface area contributed by atoms with E-state index in [0.717, 1.165) is 11.3 Å². The Morgan fingerprint density at radius 1 is 0.917 bits per heavy atom. The van der Waals surface area contributed by atoms with Gasteiger partial charge in [0, 0.05) is 17.4 Å². The molecule has 3 N–H and O–H groups in total. The number of nitrogen functional groups attached to an aromatic ring is 1. The summed E-state index contributed by atoms with van der Waals surface area (Å²) in [5.74, 6) is 2.22. The molecule has 0 atom stereocenters. The molecule has 0 saturated heterocycles. The van der Waals surface area contributed by atoms with E-state index in [1.807, 2.05) is 24.3 Å². The number of ether oxygens (including phenoxy) is 2. The first-order valence-electron chi connectivity index (χ1n) is 7.11. The second kappa shape index (κ2) is 6.78. The number of aromatic nitrogens is 4. The first-order valence-corrected chi connectivity index (χ1v) is 7.11. The van der Waals surface area contributed by atoms with E-state index in [0.29, 0.717) is 29.4 Å². The molecule has 24 heavy (non-hydrogen) atoms. The molecule has 0 saturated carbocycles. The van der Waals surface area contributed by atoms with Crippen LogP contribution < -0.4 is 20.5 Å². The molecule has 3 rings (SSSR count). The Hall–Kier alpha value is -3.42. The van der Waals surface area contributed by atoms with E-state index >= 15 is 0 Å². The third-order valence-corrected chi connectivity index (χ3v) is 3.17. The molecule has 0 aliphatic carbocycles. The van der Waals surface area contributed by atoms with Crippen LogP contribution in [0.15, 0.2) is 42.6 Å². The Morgan fingerprint density at radius 3 is 2.17 bits per heavy atom. The maximum Gasteiger partial charge on any atom is 0.229 e. The van der Waals surface area contributed by atoms with Crippen molar-refractivity contribution in [1.29, 1.82) is 0 Å². The predicted molar refractivity (Wildman–Crippen MR) is 90.3 cm³/mol. The molecule has 0 amide bonds. The minimum atomic E-state index is 0.404. The number of anilines is 3. The van der Waals surface area contributed by atoms with Gasteiger partial charge in [0.1, 0.15) is 5.82 Å². The van der Waals surface area contributed by atoms with E-state index in [2.05, 4.69) is 25.3 Å². The second-order valence-electron chi connectivity index (χ2n) is 4.78. The number of rotatable bonds is 5. The quantitative estimate of drug-likeness (QED) is 0.736. The fourth-order valence-electron chi connectivity index (χ4n) is 2.01. The summed E-state index contributed by atoms with van der Waals surface area (Å²) in [4.78, 5) is 16.8. The van der Waals surface area contributed by atoms with Crippen LogP contribution in [-0.4, -0.2) is 34.2 Å². The molecule has 122 valence electrons. The molecular weight excluding hydrogens is 308 g/mol. The fraction of sp³-hybridized carbons (Fsp3) is 0.125. The van der Waals surface area contributed by atoms with Crippen molar-refractivity contribution in [3.8, 4) is 23.1 Å². The SMILES string of the molecule is COc1cc(OC)nc(-c2ccc(Nc3nccc(N)n3)cc2)n1. The van der Waals surface area contributed by atoms with Gasteiger partial charge in [0.15, 0.2) is 5.82 Å². The first kappa shape index (κ1) is 15.5. The summed E-state index contributed by atoms with van der Waals surface area (Å²) in [6, 6.07) is 10.7. The van der Waals surface area contributed by atoms with Gasteiger partial charge in [0.05, 0.1) is 20.3 Å². The summed E-state index contributed by atoms with van der Waals surface area (Å²) < 4.78 is 10.3. The molecule has 0 aliphatic heterocycles. The number of hydrogen-bond donors (Lipinski definition) is 2. The van der Waals surface area contributed by atoms with Crippen LogP contribution in [0.5, 0.6) is 11.8 Å². The first-order chi connectivity index (χ1) is 11.7. The van der Waals surface area contributed by atoms with Crippen molar-refractivity contribution in [2.45, 2.75) is 0 Å². The van der Waals surface area contributed by atoms with Crippen LogP contribution in [0, 0.1) is 0 Å². The van der Waals surface area contributed by atoms with Crippen LogP contribution in [0.4, 0.5) is 17.5 Å². The molecule has 0 aliphatic rings. The van der Waals surface area contributed by atoms with E-state index in [9.17, 15) is 0 Å². The Labute approximate surface area is 138 Å². The lowest BCUT2D eigenvalue weighted by Crippen LogP contribution is -2.00. The standard InChI is InChI=1S/C16H16N6O2/c1-23-13-9-14(24-2)22-15(21-13)10-3-5-11(6-4-10)19-16-18-8-7-12(17)20-16/h3-9H,1-2H3,(H3,17,18,19,20). The molecular formula is C16H16N6O2. The normalized spacial score (nSPS) is 10.2. The van der Waals surface area contributed by atoms with Crippen molar-refractivity contribution < 1.29 is 9.47 Å². The highest BCUT2D eigenvalue weighted by Gasteiger charge is 2.08. The van der Waals surface area contributed by atoms with Gasteiger partial charge in [-0.1, -0.05) is 0 Å². The maximum atomic E-state index is 5.64. The molecule has 8 heteroatoms. The highest BCUT2D eigenvalue weighted by atomic mass is 16.5. The van der Waals surface area contributed by atoms with Gasteiger partial charge < -0.3 is 20.5 Å². The molecule has 0 bridgehead atoms. The van der Waals surface area contributed by atoms with Crippen molar-refractivity contribution >= 4 is 17.5 Å². The highest BCUT2D eigenvalue weighted by molar-refractivity contribution is 5.63.